The third-order valence-electron chi connectivity index (χ3n) is 6.16. The number of hydrogen-bond acceptors (Lipinski definition) is 5. The smallest absolute Gasteiger partial charge is 0.249 e. The van der Waals surface area contributed by atoms with Crippen molar-refractivity contribution in [2.45, 2.75) is 12.8 Å². The summed E-state index contributed by atoms with van der Waals surface area (Å²) in [5.74, 6) is 0.204. The first kappa shape index (κ1) is 22.1. The number of amides is 1. The number of carbonyl (C=O) groups excluding carboxylic acids is 1. The maximum absolute atomic E-state index is 12.5. The summed E-state index contributed by atoms with van der Waals surface area (Å²) < 4.78 is 7.50. The topological polar surface area (TPSA) is 102 Å². The Balaban J connectivity index is 1.56. The first-order valence-electron chi connectivity index (χ1n) is 11.6. The van der Waals surface area contributed by atoms with E-state index in [-0.39, 0.29) is 0 Å². The lowest BCUT2D eigenvalue weighted by Gasteiger charge is -2.26. The van der Waals surface area contributed by atoms with Crippen LogP contribution in [0, 0.1) is 0 Å². The predicted octanol–water partition coefficient (Wildman–Crippen LogP) is 3.29. The minimum absolute atomic E-state index is 0.432. The molecule has 34 heavy (non-hydrogen) atoms. The zero-order valence-corrected chi connectivity index (χ0v) is 19.0. The van der Waals surface area contributed by atoms with Crippen LogP contribution in [0.5, 0.6) is 0 Å². The van der Waals surface area contributed by atoms with Crippen molar-refractivity contribution >= 4 is 5.91 Å². The molecule has 0 radical (unpaired) electrons. The Labute approximate surface area is 198 Å². The van der Waals surface area contributed by atoms with E-state index in [1.54, 1.807) is 12.3 Å². The number of ether oxygens (including phenoxy) is 1. The van der Waals surface area contributed by atoms with Crippen LogP contribution in [0.4, 0.5) is 0 Å². The van der Waals surface area contributed by atoms with Crippen LogP contribution >= 0.6 is 0 Å². The fourth-order valence-electron chi connectivity index (χ4n) is 4.46. The average molecular weight is 457 g/mol. The number of imidazole rings is 1. The zero-order valence-electron chi connectivity index (χ0n) is 19.0. The van der Waals surface area contributed by atoms with E-state index < -0.39 is 5.91 Å². The van der Waals surface area contributed by atoms with Gasteiger partial charge in [0.05, 0.1) is 30.7 Å². The van der Waals surface area contributed by atoms with Crippen molar-refractivity contribution in [1.82, 2.24) is 24.6 Å². The summed E-state index contributed by atoms with van der Waals surface area (Å²) in [6.07, 6.45) is 7.45. The van der Waals surface area contributed by atoms with E-state index in [1.165, 1.54) is 0 Å². The normalized spacial score (nSPS) is 14.4. The van der Waals surface area contributed by atoms with Crippen molar-refractivity contribution in [1.29, 1.82) is 0 Å². The highest BCUT2D eigenvalue weighted by Gasteiger charge is 2.22. The van der Waals surface area contributed by atoms with Gasteiger partial charge in [-0.1, -0.05) is 30.3 Å². The van der Waals surface area contributed by atoms with Gasteiger partial charge in [-0.05, 0) is 43.1 Å². The first-order chi connectivity index (χ1) is 16.7. The van der Waals surface area contributed by atoms with Crippen LogP contribution in [0.25, 0.3) is 28.2 Å². The Bertz CT molecular complexity index is 1240. The van der Waals surface area contributed by atoms with Crippen LogP contribution in [-0.4, -0.2) is 63.4 Å². The van der Waals surface area contributed by atoms with Gasteiger partial charge in [0.2, 0.25) is 5.91 Å². The molecule has 4 aromatic rings. The van der Waals surface area contributed by atoms with Gasteiger partial charge in [0, 0.05) is 42.3 Å². The number of rotatable bonds is 8. The van der Waals surface area contributed by atoms with Crippen LogP contribution < -0.4 is 5.73 Å². The molecule has 2 aromatic heterocycles. The Morgan fingerprint density at radius 2 is 1.91 bits per heavy atom. The van der Waals surface area contributed by atoms with Crippen molar-refractivity contribution in [2.24, 2.45) is 5.73 Å². The molecule has 1 saturated heterocycles. The predicted molar refractivity (Wildman–Crippen MR) is 131 cm³/mol. The van der Waals surface area contributed by atoms with Crippen LogP contribution in [-0.2, 0) is 11.2 Å². The van der Waals surface area contributed by atoms with Crippen molar-refractivity contribution in [2.75, 3.05) is 32.8 Å². The van der Waals surface area contributed by atoms with E-state index in [2.05, 4.69) is 25.9 Å². The second-order valence-corrected chi connectivity index (χ2v) is 8.40. The highest BCUT2D eigenvalue weighted by molar-refractivity contribution is 6.03. The molecule has 8 nitrogen and oxygen atoms in total. The maximum Gasteiger partial charge on any atom is 0.249 e. The number of H-pyrrole nitrogens is 1. The lowest BCUT2D eigenvalue weighted by atomic mass is 9.96. The number of aromatic nitrogens is 4. The summed E-state index contributed by atoms with van der Waals surface area (Å²) in [4.78, 5) is 19.9. The van der Waals surface area contributed by atoms with Gasteiger partial charge < -0.3 is 10.5 Å². The highest BCUT2D eigenvalue weighted by Crippen LogP contribution is 2.35. The summed E-state index contributed by atoms with van der Waals surface area (Å²) in [6, 6.07) is 15.6. The molecular formula is C26H28N6O2. The number of carbonyl (C=O) groups is 1. The number of benzene rings is 2. The minimum atomic E-state index is -0.489. The maximum atomic E-state index is 12.5. The molecule has 1 fully saturated rings. The molecule has 3 heterocycles. The van der Waals surface area contributed by atoms with Crippen LogP contribution in [0.15, 0.2) is 67.1 Å². The third-order valence-corrected chi connectivity index (χ3v) is 6.16. The third kappa shape index (κ3) is 4.64. The fraction of sp³-hybridized carbons (Fsp3) is 0.269. The molecule has 0 bridgehead atoms. The fourth-order valence-corrected chi connectivity index (χ4v) is 4.46. The van der Waals surface area contributed by atoms with Crippen LogP contribution in [0.3, 0.4) is 0 Å². The van der Waals surface area contributed by atoms with E-state index in [0.29, 0.717) is 17.0 Å². The summed E-state index contributed by atoms with van der Waals surface area (Å²) in [5.41, 5.74) is 10.6. The van der Waals surface area contributed by atoms with Crippen molar-refractivity contribution in [3.05, 3.63) is 78.4 Å². The molecule has 1 aliphatic rings. The lowest BCUT2D eigenvalue weighted by Crippen LogP contribution is -2.36. The molecule has 1 aliphatic heterocycles. The quantitative estimate of drug-likeness (QED) is 0.424. The molecule has 0 atom stereocenters. The molecule has 2 aromatic carbocycles. The molecule has 1 amide bonds. The van der Waals surface area contributed by atoms with E-state index in [4.69, 9.17) is 15.5 Å². The van der Waals surface area contributed by atoms with E-state index in [1.807, 2.05) is 48.7 Å². The molecule has 3 N–H and O–H groups in total. The number of hydrogen-bond donors (Lipinski definition) is 2. The number of para-hydroxylation sites is 1. The van der Waals surface area contributed by atoms with Gasteiger partial charge in [-0.2, -0.15) is 5.10 Å². The number of aryl methyl sites for hydroxylation is 1. The zero-order chi connectivity index (χ0) is 23.3. The SMILES string of the molecule is NC(=O)c1cccc(-c2cn[nH]c2)c1-c1nc(CCCN2CCOCC2)cn1-c1ccccc1. The molecule has 0 saturated carbocycles. The van der Waals surface area contributed by atoms with Crippen molar-refractivity contribution in [3.63, 3.8) is 0 Å². The monoisotopic (exact) mass is 456 g/mol. The highest BCUT2D eigenvalue weighted by atomic mass is 16.5. The number of nitrogens with zero attached hydrogens (tertiary/aromatic N) is 4. The van der Waals surface area contributed by atoms with Gasteiger partial charge in [-0.3, -0.25) is 19.4 Å². The standard InChI is InChI=1S/C26H28N6O2/c27-25(33)23-10-4-9-22(19-16-28-29-17-19)24(23)26-30-20(6-5-11-31-12-14-34-15-13-31)18-32(26)21-7-2-1-3-8-21/h1-4,7-10,16-18H,5-6,11-15H2,(H2,27,33)(H,28,29). The number of aromatic amines is 1. The van der Waals surface area contributed by atoms with Gasteiger partial charge in [0.25, 0.3) is 0 Å². The van der Waals surface area contributed by atoms with E-state index >= 15 is 0 Å². The van der Waals surface area contributed by atoms with Crippen molar-refractivity contribution in [3.8, 4) is 28.2 Å². The molecule has 8 heteroatoms. The van der Waals surface area contributed by atoms with Gasteiger partial charge in [0.1, 0.15) is 5.82 Å². The second-order valence-electron chi connectivity index (χ2n) is 8.40. The van der Waals surface area contributed by atoms with Crippen LogP contribution in [0.1, 0.15) is 22.5 Å². The van der Waals surface area contributed by atoms with Gasteiger partial charge >= 0.3 is 0 Å². The summed E-state index contributed by atoms with van der Waals surface area (Å²) in [5, 5.41) is 6.96. The molecule has 0 unspecified atom stereocenters. The van der Waals surface area contributed by atoms with Gasteiger partial charge in [-0.25, -0.2) is 4.98 Å². The summed E-state index contributed by atoms with van der Waals surface area (Å²) in [6.45, 7) is 4.56. The number of morpholine rings is 1. The molecular weight excluding hydrogens is 428 g/mol. The molecule has 0 spiro atoms. The Kier molecular flexibility index (Phi) is 6.51. The van der Waals surface area contributed by atoms with Gasteiger partial charge in [-0.15, -0.1) is 0 Å². The number of primary amides is 1. The summed E-state index contributed by atoms with van der Waals surface area (Å²) in [7, 11) is 0. The Morgan fingerprint density at radius 1 is 1.09 bits per heavy atom. The van der Waals surface area contributed by atoms with Crippen LogP contribution in [0.2, 0.25) is 0 Å². The van der Waals surface area contributed by atoms with E-state index in [9.17, 15) is 4.79 Å². The first-order valence-corrected chi connectivity index (χ1v) is 11.6. The minimum Gasteiger partial charge on any atom is -0.379 e. The van der Waals surface area contributed by atoms with Gasteiger partial charge in [0.15, 0.2) is 0 Å². The Morgan fingerprint density at radius 3 is 2.65 bits per heavy atom. The number of nitrogens with two attached hydrogens (primary N) is 1. The molecule has 0 aliphatic carbocycles. The summed E-state index contributed by atoms with van der Waals surface area (Å²) >= 11 is 0. The number of nitrogens with one attached hydrogen (secondary N) is 1. The van der Waals surface area contributed by atoms with Crippen molar-refractivity contribution < 1.29 is 9.53 Å². The lowest BCUT2D eigenvalue weighted by molar-refractivity contribution is 0.0374. The average Bonchev–Trinajstić information content (AvgIpc) is 3.55. The molecule has 174 valence electrons. The molecule has 5 rings (SSSR count). The Hall–Kier alpha value is -3.75. The second kappa shape index (κ2) is 10.0. The largest absolute Gasteiger partial charge is 0.379 e. The van der Waals surface area contributed by atoms with E-state index in [0.717, 1.165) is 68.2 Å².